The molecule has 0 saturated carbocycles. The number of hydrogen-bond donors (Lipinski definition) is 1. The van der Waals surface area contributed by atoms with E-state index in [-0.39, 0.29) is 0 Å². The van der Waals surface area contributed by atoms with Crippen LogP contribution in [0.25, 0.3) is 0 Å². The summed E-state index contributed by atoms with van der Waals surface area (Å²) in [7, 11) is 0. The van der Waals surface area contributed by atoms with E-state index in [1.54, 1.807) is 0 Å². The van der Waals surface area contributed by atoms with Crippen LogP contribution in [0.3, 0.4) is 0 Å². The molecule has 0 spiro atoms. The van der Waals surface area contributed by atoms with E-state index in [0.717, 1.165) is 36.5 Å². The minimum atomic E-state index is 0.450. The maximum absolute atomic E-state index is 5.37. The van der Waals surface area contributed by atoms with E-state index in [2.05, 4.69) is 33.2 Å². The Balaban J connectivity index is 1.93. The van der Waals surface area contributed by atoms with Crippen LogP contribution >= 0.6 is 15.9 Å². The van der Waals surface area contributed by atoms with Gasteiger partial charge in [-0.3, -0.25) is 0 Å². The second-order valence-corrected chi connectivity index (χ2v) is 5.04. The molecule has 1 atom stereocenters. The van der Waals surface area contributed by atoms with Crippen LogP contribution in [-0.2, 0) is 4.74 Å². The topological polar surface area (TPSA) is 34.2 Å². The normalized spacial score (nSPS) is 19.4. The molecule has 4 heteroatoms. The van der Waals surface area contributed by atoms with Gasteiger partial charge in [0.15, 0.2) is 0 Å². The molecule has 1 aromatic heterocycles. The first kappa shape index (κ1) is 11.9. The summed E-state index contributed by atoms with van der Waals surface area (Å²) in [5.41, 5.74) is 0. The van der Waals surface area contributed by atoms with Gasteiger partial charge >= 0.3 is 0 Å². The lowest BCUT2D eigenvalue weighted by atomic mass is 9.93. The first-order chi connectivity index (χ1) is 7.75. The van der Waals surface area contributed by atoms with Crippen molar-refractivity contribution in [1.29, 1.82) is 0 Å². The van der Waals surface area contributed by atoms with Crippen molar-refractivity contribution in [3.63, 3.8) is 0 Å². The smallest absolute Gasteiger partial charge is 0.127 e. The first-order valence-corrected chi connectivity index (χ1v) is 6.52. The van der Waals surface area contributed by atoms with Crippen molar-refractivity contribution in [3.8, 4) is 0 Å². The van der Waals surface area contributed by atoms with E-state index in [4.69, 9.17) is 4.74 Å². The van der Waals surface area contributed by atoms with Gasteiger partial charge in [0.2, 0.25) is 0 Å². The molecular formula is C12H17BrN2O. The van der Waals surface area contributed by atoms with Crippen molar-refractivity contribution >= 4 is 21.7 Å². The number of ether oxygens (including phenoxy) is 1. The van der Waals surface area contributed by atoms with Crippen molar-refractivity contribution < 1.29 is 4.74 Å². The predicted molar refractivity (Wildman–Crippen MR) is 68.6 cm³/mol. The maximum atomic E-state index is 5.37. The lowest BCUT2D eigenvalue weighted by Crippen LogP contribution is -2.31. The van der Waals surface area contributed by atoms with Gasteiger partial charge in [-0.25, -0.2) is 4.98 Å². The van der Waals surface area contributed by atoms with Crippen LogP contribution in [0.15, 0.2) is 22.8 Å². The summed E-state index contributed by atoms with van der Waals surface area (Å²) < 4.78 is 6.24. The number of nitrogens with zero attached hydrogens (tertiary/aromatic N) is 1. The summed E-state index contributed by atoms with van der Waals surface area (Å²) in [6, 6.07) is 6.38. The van der Waals surface area contributed by atoms with Crippen LogP contribution in [0.4, 0.5) is 5.82 Å². The van der Waals surface area contributed by atoms with E-state index < -0.39 is 0 Å². The summed E-state index contributed by atoms with van der Waals surface area (Å²) in [5.74, 6) is 1.63. The minimum Gasteiger partial charge on any atom is -0.381 e. The Morgan fingerprint density at radius 1 is 1.44 bits per heavy atom. The zero-order valence-electron chi connectivity index (χ0n) is 9.45. The largest absolute Gasteiger partial charge is 0.381 e. The fourth-order valence-electron chi connectivity index (χ4n) is 2.06. The van der Waals surface area contributed by atoms with Gasteiger partial charge in [0.05, 0.1) is 0 Å². The maximum Gasteiger partial charge on any atom is 0.127 e. The van der Waals surface area contributed by atoms with Crippen molar-refractivity contribution in [2.45, 2.75) is 25.8 Å². The van der Waals surface area contributed by atoms with Crippen molar-refractivity contribution in [2.75, 3.05) is 18.5 Å². The quantitative estimate of drug-likeness (QED) is 0.867. The van der Waals surface area contributed by atoms with Crippen LogP contribution in [-0.4, -0.2) is 24.2 Å². The third-order valence-electron chi connectivity index (χ3n) is 3.06. The molecule has 0 aliphatic carbocycles. The van der Waals surface area contributed by atoms with Gasteiger partial charge < -0.3 is 10.1 Å². The molecule has 1 N–H and O–H groups in total. The van der Waals surface area contributed by atoms with Crippen molar-refractivity contribution in [1.82, 2.24) is 4.98 Å². The van der Waals surface area contributed by atoms with Crippen LogP contribution in [0.5, 0.6) is 0 Å². The summed E-state index contributed by atoms with van der Waals surface area (Å²) in [5, 5.41) is 3.46. The second kappa shape index (κ2) is 5.64. The standard InChI is InChI=1S/C12H17BrN2O/c1-9(10-5-7-16-8-6-10)14-12-4-2-3-11(13)15-12/h2-4,9-10H,5-8H2,1H3,(H,14,15)/t9-/m0/s1. The van der Waals surface area contributed by atoms with Gasteiger partial charge in [-0.2, -0.15) is 0 Å². The van der Waals surface area contributed by atoms with Gasteiger partial charge in [0.1, 0.15) is 10.4 Å². The Labute approximate surface area is 105 Å². The lowest BCUT2D eigenvalue weighted by Gasteiger charge is -2.28. The Hall–Kier alpha value is -0.610. The minimum absolute atomic E-state index is 0.450. The number of halogens is 1. The van der Waals surface area contributed by atoms with Crippen LogP contribution in [0.2, 0.25) is 0 Å². The molecule has 0 aromatic carbocycles. The van der Waals surface area contributed by atoms with E-state index in [9.17, 15) is 0 Å². The molecule has 1 aromatic rings. The zero-order valence-corrected chi connectivity index (χ0v) is 11.0. The molecule has 1 saturated heterocycles. The highest BCUT2D eigenvalue weighted by molar-refractivity contribution is 9.10. The number of aromatic nitrogens is 1. The molecule has 88 valence electrons. The molecule has 1 aliphatic heterocycles. The van der Waals surface area contributed by atoms with Crippen LogP contribution in [0.1, 0.15) is 19.8 Å². The Kier molecular flexibility index (Phi) is 4.18. The fourth-order valence-corrected chi connectivity index (χ4v) is 2.40. The van der Waals surface area contributed by atoms with Gasteiger partial charge in [0.25, 0.3) is 0 Å². The van der Waals surface area contributed by atoms with E-state index >= 15 is 0 Å². The molecule has 0 radical (unpaired) electrons. The number of pyridine rings is 1. The van der Waals surface area contributed by atoms with E-state index in [0.29, 0.717) is 12.0 Å². The van der Waals surface area contributed by atoms with Crippen molar-refractivity contribution in [2.24, 2.45) is 5.92 Å². The van der Waals surface area contributed by atoms with Crippen LogP contribution in [0, 0.1) is 5.92 Å². The van der Waals surface area contributed by atoms with Crippen molar-refractivity contribution in [3.05, 3.63) is 22.8 Å². The summed E-state index contributed by atoms with van der Waals surface area (Å²) in [6.07, 6.45) is 2.28. The SMILES string of the molecule is C[C@H](Nc1cccc(Br)n1)C1CCOCC1. The number of hydrogen-bond acceptors (Lipinski definition) is 3. The number of nitrogens with one attached hydrogen (secondary N) is 1. The molecule has 1 fully saturated rings. The van der Waals surface area contributed by atoms with Crippen LogP contribution < -0.4 is 5.32 Å². The first-order valence-electron chi connectivity index (χ1n) is 5.72. The fraction of sp³-hybridized carbons (Fsp3) is 0.583. The zero-order chi connectivity index (χ0) is 11.4. The second-order valence-electron chi connectivity index (χ2n) is 4.23. The van der Waals surface area contributed by atoms with E-state index in [1.165, 1.54) is 0 Å². The summed E-state index contributed by atoms with van der Waals surface area (Å²) in [6.45, 7) is 4.00. The molecule has 16 heavy (non-hydrogen) atoms. The predicted octanol–water partition coefficient (Wildman–Crippen LogP) is 3.07. The number of anilines is 1. The molecular weight excluding hydrogens is 268 g/mol. The third kappa shape index (κ3) is 3.19. The highest BCUT2D eigenvalue weighted by Gasteiger charge is 2.20. The molecule has 3 nitrogen and oxygen atoms in total. The third-order valence-corrected chi connectivity index (χ3v) is 3.51. The molecule has 2 rings (SSSR count). The Morgan fingerprint density at radius 3 is 2.88 bits per heavy atom. The highest BCUT2D eigenvalue weighted by atomic mass is 79.9. The highest BCUT2D eigenvalue weighted by Crippen LogP contribution is 2.21. The van der Waals surface area contributed by atoms with E-state index in [1.807, 2.05) is 18.2 Å². The Morgan fingerprint density at radius 2 is 2.19 bits per heavy atom. The number of rotatable bonds is 3. The Bertz CT molecular complexity index is 340. The average molecular weight is 285 g/mol. The van der Waals surface area contributed by atoms with Gasteiger partial charge in [-0.1, -0.05) is 6.07 Å². The molecule has 0 amide bonds. The molecule has 0 unspecified atom stereocenters. The summed E-state index contributed by atoms with van der Waals surface area (Å²) in [4.78, 5) is 4.38. The molecule has 1 aliphatic rings. The van der Waals surface area contributed by atoms with Gasteiger partial charge in [-0.15, -0.1) is 0 Å². The van der Waals surface area contributed by atoms with Gasteiger partial charge in [0, 0.05) is 19.3 Å². The monoisotopic (exact) mass is 284 g/mol. The van der Waals surface area contributed by atoms with Gasteiger partial charge in [-0.05, 0) is 53.7 Å². The lowest BCUT2D eigenvalue weighted by molar-refractivity contribution is 0.0622. The average Bonchev–Trinajstić information content (AvgIpc) is 2.30. The summed E-state index contributed by atoms with van der Waals surface area (Å²) >= 11 is 3.38. The molecule has 0 bridgehead atoms. The molecule has 2 heterocycles.